The first-order valence-corrected chi connectivity index (χ1v) is 10.4. The molecule has 176 valence electrons. The van der Waals surface area contributed by atoms with Crippen molar-refractivity contribution in [2.75, 3.05) is 20.8 Å². The highest BCUT2D eigenvalue weighted by molar-refractivity contribution is 6.09. The number of carbonyl (C=O) groups excluding carboxylic acids is 4. The Morgan fingerprint density at radius 1 is 1.09 bits per heavy atom. The summed E-state index contributed by atoms with van der Waals surface area (Å²) in [7, 11) is 2.38. The Kier molecular flexibility index (Phi) is 8.38. The van der Waals surface area contributed by atoms with E-state index in [2.05, 4.69) is 4.74 Å². The number of ether oxygens (including phenoxy) is 4. The molecule has 0 radical (unpaired) electrons. The quantitative estimate of drug-likeness (QED) is 0.339. The van der Waals surface area contributed by atoms with Crippen LogP contribution in [-0.4, -0.2) is 61.3 Å². The van der Waals surface area contributed by atoms with Gasteiger partial charge in [0, 0.05) is 6.42 Å². The standard InChI is InChI=1S/C23H31NO8/c1-22(2,3)32-21(28)24-17(15-31-14-16-9-7-6-8-10-16)13-23(19(24)26,20(27)30-5)12-11-18(25)29-4/h6-10,17H,11-15H2,1-5H3. The second-order valence-corrected chi connectivity index (χ2v) is 8.66. The van der Waals surface area contributed by atoms with Gasteiger partial charge < -0.3 is 18.9 Å². The van der Waals surface area contributed by atoms with Crippen LogP contribution in [0.25, 0.3) is 0 Å². The zero-order chi connectivity index (χ0) is 23.9. The van der Waals surface area contributed by atoms with Gasteiger partial charge in [-0.3, -0.25) is 14.4 Å². The predicted molar refractivity (Wildman–Crippen MR) is 113 cm³/mol. The molecule has 0 saturated carbocycles. The molecule has 1 aliphatic heterocycles. The van der Waals surface area contributed by atoms with Gasteiger partial charge in [-0.25, -0.2) is 9.69 Å². The number of rotatable bonds is 8. The summed E-state index contributed by atoms with van der Waals surface area (Å²) in [4.78, 5) is 51.7. The van der Waals surface area contributed by atoms with E-state index < -0.39 is 41.0 Å². The number of hydrogen-bond donors (Lipinski definition) is 0. The third-order valence-electron chi connectivity index (χ3n) is 5.15. The van der Waals surface area contributed by atoms with Crippen LogP contribution in [0.15, 0.2) is 30.3 Å². The Morgan fingerprint density at radius 3 is 2.31 bits per heavy atom. The molecule has 32 heavy (non-hydrogen) atoms. The van der Waals surface area contributed by atoms with Crippen molar-refractivity contribution in [3.8, 4) is 0 Å². The van der Waals surface area contributed by atoms with E-state index in [1.165, 1.54) is 7.11 Å². The number of likely N-dealkylation sites (tertiary alicyclic amines) is 1. The lowest BCUT2D eigenvalue weighted by molar-refractivity contribution is -0.159. The van der Waals surface area contributed by atoms with Crippen LogP contribution in [0.3, 0.4) is 0 Å². The molecule has 0 N–H and O–H groups in total. The summed E-state index contributed by atoms with van der Waals surface area (Å²) < 4.78 is 20.7. The van der Waals surface area contributed by atoms with Gasteiger partial charge in [-0.1, -0.05) is 30.3 Å². The molecule has 1 aliphatic rings. The molecule has 2 amide bonds. The van der Waals surface area contributed by atoms with Crippen LogP contribution in [0.5, 0.6) is 0 Å². The molecule has 0 aromatic heterocycles. The van der Waals surface area contributed by atoms with Crippen molar-refractivity contribution in [1.29, 1.82) is 0 Å². The van der Waals surface area contributed by atoms with E-state index in [4.69, 9.17) is 14.2 Å². The van der Waals surface area contributed by atoms with Gasteiger partial charge in [-0.15, -0.1) is 0 Å². The fourth-order valence-electron chi connectivity index (χ4n) is 3.64. The fourth-order valence-corrected chi connectivity index (χ4v) is 3.64. The number of hydrogen-bond acceptors (Lipinski definition) is 8. The van der Waals surface area contributed by atoms with Gasteiger partial charge in [0.1, 0.15) is 11.0 Å². The van der Waals surface area contributed by atoms with Crippen LogP contribution in [0.2, 0.25) is 0 Å². The van der Waals surface area contributed by atoms with Crippen molar-refractivity contribution < 1.29 is 38.1 Å². The highest BCUT2D eigenvalue weighted by Gasteiger charge is 2.60. The predicted octanol–water partition coefficient (Wildman–Crippen LogP) is 2.85. The monoisotopic (exact) mass is 449 g/mol. The van der Waals surface area contributed by atoms with Crippen LogP contribution in [0.1, 0.15) is 45.6 Å². The highest BCUT2D eigenvalue weighted by atomic mass is 16.6. The average Bonchev–Trinajstić information content (AvgIpc) is 3.03. The van der Waals surface area contributed by atoms with Gasteiger partial charge in [0.2, 0.25) is 5.91 Å². The maximum absolute atomic E-state index is 13.4. The van der Waals surface area contributed by atoms with Crippen molar-refractivity contribution in [3.05, 3.63) is 35.9 Å². The van der Waals surface area contributed by atoms with E-state index in [1.54, 1.807) is 20.8 Å². The zero-order valence-corrected chi connectivity index (χ0v) is 19.2. The minimum absolute atomic E-state index is 0.00313. The average molecular weight is 450 g/mol. The molecule has 0 bridgehead atoms. The summed E-state index contributed by atoms with van der Waals surface area (Å²) in [5.74, 6) is -2.16. The third kappa shape index (κ3) is 6.06. The van der Waals surface area contributed by atoms with E-state index in [1.807, 2.05) is 30.3 Å². The summed E-state index contributed by atoms with van der Waals surface area (Å²) in [6.45, 7) is 5.30. The summed E-state index contributed by atoms with van der Waals surface area (Å²) >= 11 is 0. The van der Waals surface area contributed by atoms with Crippen LogP contribution in [0, 0.1) is 5.41 Å². The maximum atomic E-state index is 13.4. The van der Waals surface area contributed by atoms with E-state index >= 15 is 0 Å². The number of benzene rings is 1. The molecule has 0 aliphatic carbocycles. The first-order chi connectivity index (χ1) is 15.0. The summed E-state index contributed by atoms with van der Waals surface area (Å²) in [6.07, 6.45) is -1.26. The van der Waals surface area contributed by atoms with Crippen molar-refractivity contribution in [3.63, 3.8) is 0 Å². The minimum atomic E-state index is -1.71. The Hall–Kier alpha value is -2.94. The lowest BCUT2D eigenvalue weighted by atomic mass is 9.80. The van der Waals surface area contributed by atoms with Crippen LogP contribution in [0.4, 0.5) is 4.79 Å². The second-order valence-electron chi connectivity index (χ2n) is 8.66. The Balaban J connectivity index is 2.29. The molecule has 9 nitrogen and oxygen atoms in total. The molecular formula is C23H31NO8. The Labute approximate surface area is 187 Å². The molecule has 1 aromatic rings. The number of nitrogens with zero attached hydrogens (tertiary/aromatic N) is 1. The normalized spacial score (nSPS) is 20.7. The fraction of sp³-hybridized carbons (Fsp3) is 0.565. The van der Waals surface area contributed by atoms with Gasteiger partial charge in [-0.05, 0) is 39.2 Å². The van der Waals surface area contributed by atoms with E-state index in [0.29, 0.717) is 0 Å². The molecule has 2 atom stereocenters. The van der Waals surface area contributed by atoms with Crippen molar-refractivity contribution in [1.82, 2.24) is 4.90 Å². The van der Waals surface area contributed by atoms with Crippen LogP contribution < -0.4 is 0 Å². The van der Waals surface area contributed by atoms with E-state index in [9.17, 15) is 19.2 Å². The largest absolute Gasteiger partial charge is 0.469 e. The maximum Gasteiger partial charge on any atom is 0.417 e. The van der Waals surface area contributed by atoms with Crippen molar-refractivity contribution >= 4 is 23.9 Å². The molecular weight excluding hydrogens is 418 g/mol. The summed E-state index contributed by atoms with van der Waals surface area (Å²) in [5, 5.41) is 0. The molecule has 2 unspecified atom stereocenters. The molecule has 1 fully saturated rings. The molecule has 0 spiro atoms. The number of imide groups is 1. The summed E-state index contributed by atoms with van der Waals surface area (Å²) in [6, 6.07) is 8.65. The number of amides is 2. The van der Waals surface area contributed by atoms with Crippen LogP contribution in [-0.2, 0) is 39.9 Å². The van der Waals surface area contributed by atoms with Crippen molar-refractivity contribution in [2.24, 2.45) is 5.41 Å². The smallest absolute Gasteiger partial charge is 0.417 e. The SMILES string of the molecule is COC(=O)CCC1(C(=O)OC)CC(COCc2ccccc2)N(C(=O)OC(C)(C)C)C1=O. The zero-order valence-electron chi connectivity index (χ0n) is 19.2. The van der Waals surface area contributed by atoms with Gasteiger partial charge in [-0.2, -0.15) is 0 Å². The number of carbonyl (C=O) groups is 4. The molecule has 1 aromatic carbocycles. The first-order valence-electron chi connectivity index (χ1n) is 10.4. The lowest BCUT2D eigenvalue weighted by Gasteiger charge is -2.27. The lowest BCUT2D eigenvalue weighted by Crippen LogP contribution is -2.47. The topological polar surface area (TPSA) is 108 Å². The third-order valence-corrected chi connectivity index (χ3v) is 5.15. The number of esters is 2. The summed E-state index contributed by atoms with van der Waals surface area (Å²) in [5.41, 5.74) is -1.64. The highest BCUT2D eigenvalue weighted by Crippen LogP contribution is 2.42. The molecule has 1 saturated heterocycles. The second kappa shape index (κ2) is 10.6. The van der Waals surface area contributed by atoms with Crippen LogP contribution >= 0.6 is 0 Å². The Bertz CT molecular complexity index is 832. The van der Waals surface area contributed by atoms with Crippen molar-refractivity contribution in [2.45, 2.75) is 58.3 Å². The van der Waals surface area contributed by atoms with Gasteiger partial charge in [0.05, 0.1) is 33.5 Å². The molecule has 9 heteroatoms. The Morgan fingerprint density at radius 2 is 1.75 bits per heavy atom. The molecule has 1 heterocycles. The molecule has 2 rings (SSSR count). The number of methoxy groups -OCH3 is 2. The van der Waals surface area contributed by atoms with Gasteiger partial charge in [0.25, 0.3) is 0 Å². The van der Waals surface area contributed by atoms with E-state index in [-0.39, 0.29) is 32.5 Å². The minimum Gasteiger partial charge on any atom is -0.469 e. The van der Waals surface area contributed by atoms with Gasteiger partial charge >= 0.3 is 18.0 Å². The van der Waals surface area contributed by atoms with E-state index in [0.717, 1.165) is 17.6 Å². The first kappa shape index (κ1) is 25.3. The van der Waals surface area contributed by atoms with Gasteiger partial charge in [0.15, 0.2) is 0 Å².